The van der Waals surface area contributed by atoms with Gasteiger partial charge in [0, 0.05) is 4.88 Å². The zero-order valence-corrected chi connectivity index (χ0v) is 12.9. The van der Waals surface area contributed by atoms with Gasteiger partial charge in [-0.2, -0.15) is 0 Å². The molecule has 5 nitrogen and oxygen atoms in total. The second kappa shape index (κ2) is 7.19. The van der Waals surface area contributed by atoms with Crippen molar-refractivity contribution in [2.24, 2.45) is 0 Å². The lowest BCUT2D eigenvalue weighted by atomic mass is 10.1. The highest BCUT2D eigenvalue weighted by atomic mass is 32.1. The van der Waals surface area contributed by atoms with E-state index < -0.39 is 6.04 Å². The van der Waals surface area contributed by atoms with E-state index in [2.05, 4.69) is 15.6 Å². The predicted octanol–water partition coefficient (Wildman–Crippen LogP) is 2.29. The fourth-order valence-corrected chi connectivity index (χ4v) is 2.90. The highest BCUT2D eigenvalue weighted by Gasteiger charge is 2.13. The van der Waals surface area contributed by atoms with Gasteiger partial charge in [0.1, 0.15) is 0 Å². The Balaban J connectivity index is 1.90. The molecule has 1 aromatic heterocycles. The molecule has 0 bridgehead atoms. The summed E-state index contributed by atoms with van der Waals surface area (Å²) in [7, 11) is 0. The van der Waals surface area contributed by atoms with Crippen molar-refractivity contribution in [3.05, 3.63) is 51.5 Å². The van der Waals surface area contributed by atoms with Gasteiger partial charge in [-0.25, -0.2) is 9.78 Å². The van der Waals surface area contributed by atoms with Crippen molar-refractivity contribution < 1.29 is 9.90 Å². The van der Waals surface area contributed by atoms with Gasteiger partial charge in [0.05, 0.1) is 29.9 Å². The number of nitrogens with one attached hydrogen (secondary N) is 2. The summed E-state index contributed by atoms with van der Waals surface area (Å²) in [6, 6.07) is 8.68. The standard InChI is InChI=1S/C15H19N3O2S/c1-10-14(21-11(2)17-10)8-16-15(20)18-13(9-19)12-6-4-3-5-7-12/h3-7,13,19H,8-9H2,1-2H3,(H2,16,18,20)/t13-/m1/s1. The normalized spacial score (nSPS) is 12.0. The van der Waals surface area contributed by atoms with Crippen LogP contribution >= 0.6 is 11.3 Å². The topological polar surface area (TPSA) is 74.2 Å². The maximum atomic E-state index is 11.9. The van der Waals surface area contributed by atoms with Gasteiger partial charge < -0.3 is 15.7 Å². The third-order valence-electron chi connectivity index (χ3n) is 3.10. The molecule has 21 heavy (non-hydrogen) atoms. The predicted molar refractivity (Wildman–Crippen MR) is 83.2 cm³/mol. The first-order chi connectivity index (χ1) is 10.1. The molecule has 0 unspecified atom stereocenters. The van der Waals surface area contributed by atoms with E-state index in [0.717, 1.165) is 21.1 Å². The molecule has 1 atom stereocenters. The smallest absolute Gasteiger partial charge is 0.315 e. The molecule has 0 radical (unpaired) electrons. The lowest BCUT2D eigenvalue weighted by Gasteiger charge is -2.17. The highest BCUT2D eigenvalue weighted by molar-refractivity contribution is 7.11. The van der Waals surface area contributed by atoms with E-state index in [-0.39, 0.29) is 12.6 Å². The van der Waals surface area contributed by atoms with E-state index >= 15 is 0 Å². The van der Waals surface area contributed by atoms with Crippen molar-refractivity contribution in [1.82, 2.24) is 15.6 Å². The molecule has 0 aliphatic heterocycles. The van der Waals surface area contributed by atoms with Crippen molar-refractivity contribution in [3.8, 4) is 0 Å². The van der Waals surface area contributed by atoms with E-state index in [1.807, 2.05) is 44.2 Å². The highest BCUT2D eigenvalue weighted by Crippen LogP contribution is 2.16. The number of amides is 2. The van der Waals surface area contributed by atoms with Crippen LogP contribution in [0, 0.1) is 13.8 Å². The van der Waals surface area contributed by atoms with Gasteiger partial charge in [0.2, 0.25) is 0 Å². The molecule has 0 spiro atoms. The fraction of sp³-hybridized carbons (Fsp3) is 0.333. The number of aryl methyl sites for hydroxylation is 2. The summed E-state index contributed by atoms with van der Waals surface area (Å²) < 4.78 is 0. The number of nitrogens with zero attached hydrogens (tertiary/aromatic N) is 1. The zero-order valence-electron chi connectivity index (χ0n) is 12.1. The molecule has 2 amide bonds. The fourth-order valence-electron chi connectivity index (χ4n) is 2.03. The van der Waals surface area contributed by atoms with Crippen LogP contribution in [0.25, 0.3) is 0 Å². The molecule has 2 aromatic rings. The van der Waals surface area contributed by atoms with Gasteiger partial charge in [-0.3, -0.25) is 0 Å². The monoisotopic (exact) mass is 305 g/mol. The number of aromatic nitrogens is 1. The van der Waals surface area contributed by atoms with E-state index in [1.165, 1.54) is 0 Å². The number of carbonyl (C=O) groups excluding carboxylic acids is 1. The van der Waals surface area contributed by atoms with Crippen LogP contribution in [-0.2, 0) is 6.54 Å². The zero-order chi connectivity index (χ0) is 15.2. The van der Waals surface area contributed by atoms with Crippen molar-refractivity contribution in [2.45, 2.75) is 26.4 Å². The number of benzene rings is 1. The lowest BCUT2D eigenvalue weighted by molar-refractivity contribution is 0.216. The Labute approximate surface area is 128 Å². The Kier molecular flexibility index (Phi) is 5.30. The Morgan fingerprint density at radius 3 is 2.62 bits per heavy atom. The number of urea groups is 1. The number of aliphatic hydroxyl groups is 1. The van der Waals surface area contributed by atoms with E-state index in [9.17, 15) is 9.90 Å². The molecule has 0 saturated heterocycles. The Bertz CT molecular complexity index is 598. The van der Waals surface area contributed by atoms with E-state index in [0.29, 0.717) is 6.54 Å². The maximum absolute atomic E-state index is 11.9. The van der Waals surface area contributed by atoms with Crippen molar-refractivity contribution in [3.63, 3.8) is 0 Å². The molecule has 3 N–H and O–H groups in total. The van der Waals surface area contributed by atoms with Crippen LogP contribution in [0.3, 0.4) is 0 Å². The first-order valence-corrected chi connectivity index (χ1v) is 7.55. The van der Waals surface area contributed by atoms with Crippen LogP contribution < -0.4 is 10.6 Å². The molecule has 2 rings (SSSR count). The summed E-state index contributed by atoms with van der Waals surface area (Å²) in [5.74, 6) is 0. The Morgan fingerprint density at radius 2 is 2.05 bits per heavy atom. The first-order valence-electron chi connectivity index (χ1n) is 6.73. The number of thiazole rings is 1. The summed E-state index contributed by atoms with van der Waals surface area (Å²) in [6.07, 6.45) is 0. The summed E-state index contributed by atoms with van der Waals surface area (Å²) in [5.41, 5.74) is 1.82. The number of hydrogen-bond donors (Lipinski definition) is 3. The number of carbonyl (C=O) groups is 1. The second-order valence-corrected chi connectivity index (χ2v) is 6.00. The van der Waals surface area contributed by atoms with Crippen molar-refractivity contribution >= 4 is 17.4 Å². The van der Waals surface area contributed by atoms with Crippen LogP contribution in [0.5, 0.6) is 0 Å². The molecule has 0 fully saturated rings. The van der Waals surface area contributed by atoms with Crippen LogP contribution in [0.2, 0.25) is 0 Å². The molecule has 6 heteroatoms. The molecule has 1 aromatic carbocycles. The second-order valence-electron chi connectivity index (χ2n) is 4.71. The largest absolute Gasteiger partial charge is 0.394 e. The van der Waals surface area contributed by atoms with Crippen LogP contribution in [-0.4, -0.2) is 22.7 Å². The molecule has 0 saturated carbocycles. The van der Waals surface area contributed by atoms with Crippen LogP contribution in [0.1, 0.15) is 27.2 Å². The van der Waals surface area contributed by atoms with Gasteiger partial charge in [0.15, 0.2) is 0 Å². The van der Waals surface area contributed by atoms with Crippen molar-refractivity contribution in [1.29, 1.82) is 0 Å². The minimum Gasteiger partial charge on any atom is -0.394 e. The first kappa shape index (κ1) is 15.5. The molecule has 0 aliphatic carbocycles. The molecule has 1 heterocycles. The van der Waals surface area contributed by atoms with Crippen molar-refractivity contribution in [2.75, 3.05) is 6.61 Å². The minimum absolute atomic E-state index is 0.143. The van der Waals surface area contributed by atoms with E-state index in [1.54, 1.807) is 11.3 Å². The maximum Gasteiger partial charge on any atom is 0.315 e. The third kappa shape index (κ3) is 4.27. The molecular weight excluding hydrogens is 286 g/mol. The quantitative estimate of drug-likeness (QED) is 0.793. The Morgan fingerprint density at radius 1 is 1.33 bits per heavy atom. The van der Waals surface area contributed by atoms with Gasteiger partial charge in [-0.05, 0) is 19.4 Å². The third-order valence-corrected chi connectivity index (χ3v) is 4.17. The average molecular weight is 305 g/mol. The summed E-state index contributed by atoms with van der Waals surface area (Å²) in [5, 5.41) is 16.0. The number of rotatable bonds is 5. The van der Waals surface area contributed by atoms with Crippen LogP contribution in [0.4, 0.5) is 4.79 Å². The number of hydrogen-bond acceptors (Lipinski definition) is 4. The lowest BCUT2D eigenvalue weighted by Crippen LogP contribution is -2.38. The summed E-state index contributed by atoms with van der Waals surface area (Å²) in [6.45, 7) is 4.17. The van der Waals surface area contributed by atoms with Crippen LogP contribution in [0.15, 0.2) is 30.3 Å². The number of aliphatic hydroxyl groups excluding tert-OH is 1. The summed E-state index contributed by atoms with van der Waals surface area (Å²) in [4.78, 5) is 17.3. The Hall–Kier alpha value is -1.92. The van der Waals surface area contributed by atoms with Gasteiger partial charge >= 0.3 is 6.03 Å². The molecular formula is C15H19N3O2S. The average Bonchev–Trinajstić information content (AvgIpc) is 2.81. The van der Waals surface area contributed by atoms with E-state index in [4.69, 9.17) is 0 Å². The van der Waals surface area contributed by atoms with Gasteiger partial charge in [0.25, 0.3) is 0 Å². The SMILES string of the molecule is Cc1nc(C)c(CNC(=O)N[C@H](CO)c2ccccc2)s1. The van der Waals surface area contributed by atoms with Gasteiger partial charge in [-0.1, -0.05) is 30.3 Å². The summed E-state index contributed by atoms with van der Waals surface area (Å²) >= 11 is 1.57. The van der Waals surface area contributed by atoms with Gasteiger partial charge in [-0.15, -0.1) is 11.3 Å². The minimum atomic E-state index is -0.407. The molecule has 0 aliphatic rings. The molecule has 112 valence electrons.